The Bertz CT molecular complexity index is 1040. The molecule has 8 heteroatoms. The fourth-order valence-electron chi connectivity index (χ4n) is 2.89. The number of nitrogens with one attached hydrogen (secondary N) is 1. The number of H-pyrrole nitrogens is 1. The van der Waals surface area contributed by atoms with Crippen molar-refractivity contribution in [3.63, 3.8) is 0 Å². The molecular formula is C16H13N3O4S. The lowest BCUT2D eigenvalue weighted by atomic mass is 10.1. The van der Waals surface area contributed by atoms with Crippen molar-refractivity contribution >= 4 is 26.6 Å². The maximum atomic E-state index is 12.7. The molecule has 1 aromatic heterocycles. The molecule has 1 N–H and O–H groups in total. The highest BCUT2D eigenvalue weighted by atomic mass is 32.2. The number of fused-ring (bicyclic) bond motifs is 1. The molecule has 1 aliphatic heterocycles. The largest absolute Gasteiger partial charge is 0.361 e. The third-order valence-electron chi connectivity index (χ3n) is 4.20. The van der Waals surface area contributed by atoms with Crippen LogP contribution in [0.4, 0.5) is 5.69 Å². The minimum Gasteiger partial charge on any atom is -0.361 e. The number of hydrogen-bond donors (Lipinski definition) is 1. The van der Waals surface area contributed by atoms with Gasteiger partial charge in [-0.05, 0) is 23.8 Å². The molecule has 0 radical (unpaired) electrons. The molecule has 1 saturated heterocycles. The molecule has 2 atom stereocenters. The lowest BCUT2D eigenvalue weighted by molar-refractivity contribution is -0.384. The predicted octanol–water partition coefficient (Wildman–Crippen LogP) is 2.82. The number of benzene rings is 2. The topological polar surface area (TPSA) is 96.1 Å². The monoisotopic (exact) mass is 343 g/mol. The van der Waals surface area contributed by atoms with Gasteiger partial charge in [-0.1, -0.05) is 18.2 Å². The van der Waals surface area contributed by atoms with E-state index in [1.807, 2.05) is 30.5 Å². The first-order valence-electron chi connectivity index (χ1n) is 7.31. The molecule has 0 aliphatic carbocycles. The van der Waals surface area contributed by atoms with Gasteiger partial charge in [0.2, 0.25) is 10.0 Å². The number of nitro benzene ring substituents is 1. The van der Waals surface area contributed by atoms with Crippen molar-refractivity contribution in [1.29, 1.82) is 0 Å². The second kappa shape index (κ2) is 5.15. The van der Waals surface area contributed by atoms with Crippen LogP contribution in [0.15, 0.2) is 59.6 Å². The number of aromatic amines is 1. The Kier molecular flexibility index (Phi) is 3.19. The van der Waals surface area contributed by atoms with Crippen LogP contribution in [0.3, 0.4) is 0 Å². The van der Waals surface area contributed by atoms with Gasteiger partial charge in [-0.3, -0.25) is 10.1 Å². The maximum absolute atomic E-state index is 12.7. The predicted molar refractivity (Wildman–Crippen MR) is 88.0 cm³/mol. The zero-order valence-electron chi connectivity index (χ0n) is 12.4. The van der Waals surface area contributed by atoms with Gasteiger partial charge in [0, 0.05) is 35.8 Å². The molecule has 122 valence electrons. The zero-order chi connectivity index (χ0) is 16.9. The van der Waals surface area contributed by atoms with Gasteiger partial charge in [0.15, 0.2) is 0 Å². The van der Waals surface area contributed by atoms with E-state index in [9.17, 15) is 18.5 Å². The molecule has 7 nitrogen and oxygen atoms in total. The van der Waals surface area contributed by atoms with Crippen molar-refractivity contribution in [2.75, 3.05) is 6.54 Å². The van der Waals surface area contributed by atoms with Crippen LogP contribution < -0.4 is 0 Å². The first-order valence-corrected chi connectivity index (χ1v) is 8.75. The van der Waals surface area contributed by atoms with Crippen LogP contribution in [0.5, 0.6) is 0 Å². The SMILES string of the molecule is O=[N+]([O-])c1ccc(S(=O)(=O)N2C[C@H]2c2c[nH]c3ccccc23)cc1. The van der Waals surface area contributed by atoms with E-state index in [4.69, 9.17) is 0 Å². The van der Waals surface area contributed by atoms with Crippen molar-refractivity contribution < 1.29 is 13.3 Å². The van der Waals surface area contributed by atoms with E-state index in [1.54, 1.807) is 0 Å². The lowest BCUT2D eigenvalue weighted by Crippen LogP contribution is -2.12. The Labute approximate surface area is 137 Å². The smallest absolute Gasteiger partial charge is 0.269 e. The van der Waals surface area contributed by atoms with Crippen LogP contribution in [-0.4, -0.2) is 29.2 Å². The van der Waals surface area contributed by atoms with Gasteiger partial charge in [-0.2, -0.15) is 4.31 Å². The van der Waals surface area contributed by atoms with E-state index in [1.165, 1.54) is 28.6 Å². The summed E-state index contributed by atoms with van der Waals surface area (Å²) >= 11 is 0. The second-order valence-electron chi connectivity index (χ2n) is 5.63. The van der Waals surface area contributed by atoms with Crippen LogP contribution in [0.25, 0.3) is 10.9 Å². The summed E-state index contributed by atoms with van der Waals surface area (Å²) in [6.07, 6.45) is 1.83. The molecule has 3 aromatic rings. The first-order chi connectivity index (χ1) is 11.5. The van der Waals surface area contributed by atoms with Gasteiger partial charge in [0.25, 0.3) is 5.69 Å². The Morgan fingerprint density at radius 1 is 1.12 bits per heavy atom. The van der Waals surface area contributed by atoms with E-state index in [0.717, 1.165) is 16.5 Å². The number of rotatable bonds is 4. The van der Waals surface area contributed by atoms with Gasteiger partial charge in [-0.15, -0.1) is 0 Å². The van der Waals surface area contributed by atoms with E-state index in [-0.39, 0.29) is 16.6 Å². The summed E-state index contributed by atoms with van der Waals surface area (Å²) in [5.41, 5.74) is 1.77. The third-order valence-corrected chi connectivity index (χ3v) is 6.09. The van der Waals surface area contributed by atoms with Gasteiger partial charge in [0.1, 0.15) is 0 Å². The molecule has 0 spiro atoms. The van der Waals surface area contributed by atoms with Crippen molar-refractivity contribution in [3.8, 4) is 0 Å². The average Bonchev–Trinajstić information content (AvgIpc) is 3.28. The first kappa shape index (κ1) is 14.9. The summed E-state index contributed by atoms with van der Waals surface area (Å²) in [4.78, 5) is 13.3. The maximum Gasteiger partial charge on any atom is 0.269 e. The summed E-state index contributed by atoms with van der Waals surface area (Å²) < 4.78 is 26.7. The number of aromatic nitrogens is 1. The minimum atomic E-state index is -3.66. The van der Waals surface area contributed by atoms with E-state index < -0.39 is 14.9 Å². The number of para-hydroxylation sites is 1. The quantitative estimate of drug-likeness (QED) is 0.447. The molecular weight excluding hydrogens is 330 g/mol. The highest BCUT2D eigenvalue weighted by Crippen LogP contribution is 2.43. The molecule has 2 aromatic carbocycles. The highest BCUT2D eigenvalue weighted by Gasteiger charge is 2.46. The number of nitrogens with zero attached hydrogens (tertiary/aromatic N) is 2. The minimum absolute atomic E-state index is 0.0652. The lowest BCUT2D eigenvalue weighted by Gasteiger charge is -2.06. The Balaban J connectivity index is 1.64. The molecule has 0 saturated carbocycles. The summed E-state index contributed by atoms with van der Waals surface area (Å²) in [5.74, 6) is 0. The van der Waals surface area contributed by atoms with E-state index in [2.05, 4.69) is 4.98 Å². The van der Waals surface area contributed by atoms with Gasteiger partial charge < -0.3 is 4.98 Å². The number of non-ortho nitro benzene ring substituents is 1. The van der Waals surface area contributed by atoms with E-state index in [0.29, 0.717) is 6.54 Å². The van der Waals surface area contributed by atoms with Gasteiger partial charge >= 0.3 is 0 Å². The average molecular weight is 343 g/mol. The third kappa shape index (κ3) is 2.27. The fraction of sp³-hybridized carbons (Fsp3) is 0.125. The number of nitro groups is 1. The molecule has 24 heavy (non-hydrogen) atoms. The van der Waals surface area contributed by atoms with Crippen molar-refractivity contribution in [3.05, 3.63) is 70.4 Å². The molecule has 1 aliphatic rings. The normalized spacial score (nSPS) is 20.2. The van der Waals surface area contributed by atoms with Crippen LogP contribution >= 0.6 is 0 Å². The van der Waals surface area contributed by atoms with E-state index >= 15 is 0 Å². The molecule has 1 fully saturated rings. The number of sulfonamides is 1. The van der Waals surface area contributed by atoms with Crippen LogP contribution in [-0.2, 0) is 10.0 Å². The number of hydrogen-bond acceptors (Lipinski definition) is 4. The summed E-state index contributed by atoms with van der Waals surface area (Å²) in [5, 5.41) is 11.7. The van der Waals surface area contributed by atoms with Crippen LogP contribution in [0.2, 0.25) is 0 Å². The zero-order valence-corrected chi connectivity index (χ0v) is 13.2. The standard InChI is InChI=1S/C16H13N3O4S/c20-19(21)11-5-7-12(8-6-11)24(22,23)18-10-16(18)14-9-17-15-4-2-1-3-13(14)15/h1-9,16-17H,10H2/t16-,18?/m0/s1. The Morgan fingerprint density at radius 3 is 2.54 bits per heavy atom. The van der Waals surface area contributed by atoms with Crippen LogP contribution in [0, 0.1) is 10.1 Å². The van der Waals surface area contributed by atoms with Crippen molar-refractivity contribution in [2.24, 2.45) is 0 Å². The molecule has 0 bridgehead atoms. The molecule has 1 unspecified atom stereocenters. The molecule has 4 rings (SSSR count). The second-order valence-corrected chi connectivity index (χ2v) is 7.52. The van der Waals surface area contributed by atoms with Crippen molar-refractivity contribution in [2.45, 2.75) is 10.9 Å². The molecule has 0 amide bonds. The summed E-state index contributed by atoms with van der Waals surface area (Å²) in [6, 6.07) is 12.5. The Morgan fingerprint density at radius 2 is 1.83 bits per heavy atom. The van der Waals surface area contributed by atoms with Crippen LogP contribution in [0.1, 0.15) is 11.6 Å². The van der Waals surface area contributed by atoms with Gasteiger partial charge in [-0.25, -0.2) is 8.42 Å². The molecule has 2 heterocycles. The van der Waals surface area contributed by atoms with Gasteiger partial charge in [0.05, 0.1) is 15.9 Å². The fourth-order valence-corrected chi connectivity index (χ4v) is 4.42. The highest BCUT2D eigenvalue weighted by molar-refractivity contribution is 7.89. The Hall–Kier alpha value is -2.71. The summed E-state index contributed by atoms with van der Waals surface area (Å²) in [7, 11) is -3.66. The summed E-state index contributed by atoms with van der Waals surface area (Å²) in [6.45, 7) is 0.404. The van der Waals surface area contributed by atoms with Crippen molar-refractivity contribution in [1.82, 2.24) is 9.29 Å².